The van der Waals surface area contributed by atoms with Crippen molar-refractivity contribution in [3.63, 3.8) is 0 Å². The third-order valence-electron chi connectivity index (χ3n) is 3.30. The fourth-order valence-electron chi connectivity index (χ4n) is 2.25. The lowest BCUT2D eigenvalue weighted by molar-refractivity contribution is -0.137. The van der Waals surface area contributed by atoms with Crippen LogP contribution in [0, 0.1) is 6.92 Å². The second-order valence-electron chi connectivity index (χ2n) is 5.05. The van der Waals surface area contributed by atoms with Crippen LogP contribution in [0.4, 0.5) is 0 Å². The summed E-state index contributed by atoms with van der Waals surface area (Å²) in [6, 6.07) is 8.90. The number of aromatic nitrogens is 2. The first-order chi connectivity index (χ1) is 10.5. The van der Waals surface area contributed by atoms with Gasteiger partial charge in [-0.25, -0.2) is 4.68 Å². The average molecular weight is 301 g/mol. The summed E-state index contributed by atoms with van der Waals surface area (Å²) >= 11 is 0. The molecule has 0 spiro atoms. The number of nitrogens with zero attached hydrogens (tertiary/aromatic N) is 3. The van der Waals surface area contributed by atoms with E-state index >= 15 is 0 Å². The summed E-state index contributed by atoms with van der Waals surface area (Å²) < 4.78 is 1.77. The molecule has 1 amide bonds. The summed E-state index contributed by atoms with van der Waals surface area (Å²) in [4.78, 5) is 24.6. The van der Waals surface area contributed by atoms with E-state index in [2.05, 4.69) is 5.10 Å². The summed E-state index contributed by atoms with van der Waals surface area (Å²) in [5.74, 6) is -1.28. The Balaban J connectivity index is 2.20. The summed E-state index contributed by atoms with van der Waals surface area (Å²) in [5.41, 5.74) is 2.33. The van der Waals surface area contributed by atoms with Gasteiger partial charge in [-0.05, 0) is 43.7 Å². The van der Waals surface area contributed by atoms with Crippen molar-refractivity contribution in [2.75, 3.05) is 13.1 Å². The zero-order valence-electron chi connectivity index (χ0n) is 12.7. The number of aliphatic carboxylic acids is 1. The van der Waals surface area contributed by atoms with Crippen LogP contribution in [0.15, 0.2) is 36.5 Å². The SMILES string of the molecule is CCCN(CC(=O)O)C(=O)c1ccc(-n2nccc2C)cc1. The molecule has 1 aromatic carbocycles. The van der Waals surface area contributed by atoms with Crippen LogP contribution in [-0.4, -0.2) is 44.8 Å². The summed E-state index contributed by atoms with van der Waals surface area (Å²) in [6.07, 6.45) is 2.42. The molecule has 0 fully saturated rings. The molecule has 1 aromatic heterocycles. The molecule has 1 heterocycles. The standard InChI is InChI=1S/C16H19N3O3/c1-3-10-18(11-15(20)21)16(22)13-4-6-14(7-5-13)19-12(2)8-9-17-19/h4-9H,3,10-11H2,1-2H3,(H,20,21). The van der Waals surface area contributed by atoms with Gasteiger partial charge in [0.05, 0.1) is 5.69 Å². The predicted octanol–water partition coefficient (Wildman–Crippen LogP) is 2.12. The van der Waals surface area contributed by atoms with Crippen molar-refractivity contribution in [3.8, 4) is 5.69 Å². The zero-order chi connectivity index (χ0) is 16.1. The van der Waals surface area contributed by atoms with Crippen LogP contribution < -0.4 is 0 Å². The molecule has 0 unspecified atom stereocenters. The highest BCUT2D eigenvalue weighted by Gasteiger charge is 2.17. The van der Waals surface area contributed by atoms with E-state index in [0.29, 0.717) is 18.5 Å². The Morgan fingerprint density at radius 1 is 1.23 bits per heavy atom. The van der Waals surface area contributed by atoms with E-state index < -0.39 is 5.97 Å². The van der Waals surface area contributed by atoms with Gasteiger partial charge in [-0.3, -0.25) is 9.59 Å². The van der Waals surface area contributed by atoms with Crippen LogP contribution in [0.1, 0.15) is 29.4 Å². The number of hydrogen-bond donors (Lipinski definition) is 1. The minimum atomic E-state index is -1.01. The fourth-order valence-corrected chi connectivity index (χ4v) is 2.25. The second-order valence-corrected chi connectivity index (χ2v) is 5.05. The van der Waals surface area contributed by atoms with Gasteiger partial charge in [0.1, 0.15) is 6.54 Å². The predicted molar refractivity (Wildman–Crippen MR) is 82.1 cm³/mol. The molecule has 116 valence electrons. The second kappa shape index (κ2) is 6.89. The van der Waals surface area contributed by atoms with Crippen molar-refractivity contribution in [2.45, 2.75) is 20.3 Å². The van der Waals surface area contributed by atoms with Crippen LogP contribution in [-0.2, 0) is 4.79 Å². The van der Waals surface area contributed by atoms with E-state index in [1.165, 1.54) is 4.90 Å². The minimum Gasteiger partial charge on any atom is -0.480 e. The van der Waals surface area contributed by atoms with Crippen molar-refractivity contribution in [1.29, 1.82) is 0 Å². The van der Waals surface area contributed by atoms with Gasteiger partial charge >= 0.3 is 5.97 Å². The minimum absolute atomic E-state index is 0.270. The van der Waals surface area contributed by atoms with Gasteiger partial charge in [-0.1, -0.05) is 6.92 Å². The van der Waals surface area contributed by atoms with Crippen LogP contribution in [0.2, 0.25) is 0 Å². The Hall–Kier alpha value is -2.63. The van der Waals surface area contributed by atoms with Crippen molar-refractivity contribution in [1.82, 2.24) is 14.7 Å². The molecule has 2 aromatic rings. The maximum atomic E-state index is 12.4. The van der Waals surface area contributed by atoms with Crippen molar-refractivity contribution in [2.24, 2.45) is 0 Å². The number of aryl methyl sites for hydroxylation is 1. The molecule has 0 bridgehead atoms. The number of benzene rings is 1. The summed E-state index contributed by atoms with van der Waals surface area (Å²) in [6.45, 7) is 3.99. The molecular formula is C16H19N3O3. The molecule has 0 atom stereocenters. The van der Waals surface area contributed by atoms with Crippen LogP contribution >= 0.6 is 0 Å². The lowest BCUT2D eigenvalue weighted by Crippen LogP contribution is -2.36. The maximum absolute atomic E-state index is 12.4. The van der Waals surface area contributed by atoms with Gasteiger partial charge in [0.15, 0.2) is 0 Å². The molecule has 6 heteroatoms. The first-order valence-corrected chi connectivity index (χ1v) is 7.15. The van der Waals surface area contributed by atoms with E-state index in [9.17, 15) is 9.59 Å². The highest BCUT2D eigenvalue weighted by Crippen LogP contribution is 2.13. The Labute approximate surface area is 129 Å². The largest absolute Gasteiger partial charge is 0.480 e. The lowest BCUT2D eigenvalue weighted by Gasteiger charge is -2.20. The highest BCUT2D eigenvalue weighted by molar-refractivity contribution is 5.96. The van der Waals surface area contributed by atoms with Gasteiger partial charge < -0.3 is 10.0 Å². The molecular weight excluding hydrogens is 282 g/mol. The molecule has 0 aliphatic carbocycles. The molecule has 0 aliphatic rings. The third-order valence-corrected chi connectivity index (χ3v) is 3.30. The van der Waals surface area contributed by atoms with Gasteiger partial charge in [-0.2, -0.15) is 5.10 Å². The molecule has 6 nitrogen and oxygen atoms in total. The van der Waals surface area contributed by atoms with E-state index in [-0.39, 0.29) is 12.5 Å². The molecule has 0 radical (unpaired) electrons. The first-order valence-electron chi connectivity index (χ1n) is 7.15. The number of carbonyl (C=O) groups excluding carboxylic acids is 1. The average Bonchev–Trinajstić information content (AvgIpc) is 2.92. The maximum Gasteiger partial charge on any atom is 0.323 e. The number of carboxylic acid groups (broad SMARTS) is 1. The van der Waals surface area contributed by atoms with Gasteiger partial charge in [0.2, 0.25) is 0 Å². The topological polar surface area (TPSA) is 75.4 Å². The Kier molecular flexibility index (Phi) is 4.93. The van der Waals surface area contributed by atoms with Crippen molar-refractivity contribution in [3.05, 3.63) is 47.8 Å². The normalized spacial score (nSPS) is 10.5. The number of carbonyl (C=O) groups is 2. The van der Waals surface area contributed by atoms with Crippen LogP contribution in [0.3, 0.4) is 0 Å². The van der Waals surface area contributed by atoms with Gasteiger partial charge in [-0.15, -0.1) is 0 Å². The summed E-state index contributed by atoms with van der Waals surface area (Å²) in [5, 5.41) is 13.1. The van der Waals surface area contributed by atoms with Crippen LogP contribution in [0.25, 0.3) is 5.69 Å². The highest BCUT2D eigenvalue weighted by atomic mass is 16.4. The molecule has 0 saturated carbocycles. The Morgan fingerprint density at radius 2 is 1.91 bits per heavy atom. The Bertz CT molecular complexity index is 662. The zero-order valence-corrected chi connectivity index (χ0v) is 12.7. The molecule has 22 heavy (non-hydrogen) atoms. The van der Waals surface area contributed by atoms with Crippen LogP contribution in [0.5, 0.6) is 0 Å². The molecule has 0 saturated heterocycles. The monoisotopic (exact) mass is 301 g/mol. The number of amides is 1. The molecule has 2 rings (SSSR count). The molecule has 1 N–H and O–H groups in total. The first kappa shape index (κ1) is 15.8. The Morgan fingerprint density at radius 3 is 2.41 bits per heavy atom. The lowest BCUT2D eigenvalue weighted by atomic mass is 10.1. The van der Waals surface area contributed by atoms with Gasteiger partial charge in [0, 0.05) is 24.0 Å². The van der Waals surface area contributed by atoms with Gasteiger partial charge in [0.25, 0.3) is 5.91 Å². The van der Waals surface area contributed by atoms with E-state index in [4.69, 9.17) is 5.11 Å². The fraction of sp³-hybridized carbons (Fsp3) is 0.312. The summed E-state index contributed by atoms with van der Waals surface area (Å²) in [7, 11) is 0. The van der Waals surface area contributed by atoms with E-state index in [0.717, 1.165) is 11.4 Å². The number of hydrogen-bond acceptors (Lipinski definition) is 3. The van der Waals surface area contributed by atoms with Crippen molar-refractivity contribution >= 4 is 11.9 Å². The molecule has 0 aliphatic heterocycles. The smallest absolute Gasteiger partial charge is 0.323 e. The van der Waals surface area contributed by atoms with E-state index in [1.54, 1.807) is 35.1 Å². The number of rotatable bonds is 6. The van der Waals surface area contributed by atoms with Crippen molar-refractivity contribution < 1.29 is 14.7 Å². The quantitative estimate of drug-likeness (QED) is 0.886. The third kappa shape index (κ3) is 3.52. The number of carboxylic acids is 1. The van der Waals surface area contributed by atoms with E-state index in [1.807, 2.05) is 19.9 Å².